The predicted octanol–water partition coefficient (Wildman–Crippen LogP) is 3.62. The van der Waals surface area contributed by atoms with Crippen molar-refractivity contribution in [3.8, 4) is 0 Å². The summed E-state index contributed by atoms with van der Waals surface area (Å²) in [5.41, 5.74) is 1.01. The molecular weight excluding hydrogens is 263 g/mol. The largest absolute Gasteiger partial charge is 0.314 e. The van der Waals surface area contributed by atoms with E-state index in [1.54, 1.807) is 6.07 Å². The van der Waals surface area contributed by atoms with Crippen LogP contribution in [0, 0.1) is 5.82 Å². The molecule has 19 heavy (non-hydrogen) atoms. The van der Waals surface area contributed by atoms with Gasteiger partial charge < -0.3 is 5.32 Å². The topological polar surface area (TPSA) is 15.3 Å². The predicted molar refractivity (Wildman–Crippen MR) is 78.1 cm³/mol. The molecule has 0 aliphatic carbocycles. The maximum atomic E-state index is 13.6. The van der Waals surface area contributed by atoms with Gasteiger partial charge in [-0.25, -0.2) is 4.39 Å². The number of hydrogen-bond acceptors (Lipinski definition) is 2. The van der Waals surface area contributed by atoms with Gasteiger partial charge in [-0.15, -0.1) is 0 Å². The quantitative estimate of drug-likeness (QED) is 0.888. The fourth-order valence-electron chi connectivity index (χ4n) is 2.72. The number of unbranched alkanes of at least 4 members (excludes halogenated alkanes) is 1. The molecule has 0 saturated carbocycles. The average molecular weight is 285 g/mol. The van der Waals surface area contributed by atoms with E-state index in [1.807, 2.05) is 6.07 Å². The van der Waals surface area contributed by atoms with E-state index in [2.05, 4.69) is 17.1 Å². The molecule has 1 aliphatic heterocycles. The first-order valence-electron chi connectivity index (χ1n) is 7.11. The van der Waals surface area contributed by atoms with Crippen molar-refractivity contribution in [1.29, 1.82) is 0 Å². The third-order valence-corrected chi connectivity index (χ3v) is 3.91. The first-order chi connectivity index (χ1) is 9.20. The molecule has 1 atom stereocenters. The van der Waals surface area contributed by atoms with Crippen LogP contribution in [0.25, 0.3) is 0 Å². The molecule has 0 aromatic heterocycles. The van der Waals surface area contributed by atoms with E-state index >= 15 is 0 Å². The van der Waals surface area contributed by atoms with Crippen LogP contribution in [0.4, 0.5) is 4.39 Å². The van der Waals surface area contributed by atoms with Gasteiger partial charge >= 0.3 is 0 Å². The number of rotatable bonds is 5. The van der Waals surface area contributed by atoms with Crippen molar-refractivity contribution in [3.63, 3.8) is 0 Å². The molecule has 1 aromatic rings. The second-order valence-corrected chi connectivity index (χ2v) is 5.58. The van der Waals surface area contributed by atoms with Crippen molar-refractivity contribution in [1.82, 2.24) is 10.2 Å². The first-order valence-corrected chi connectivity index (χ1v) is 7.49. The molecular formula is C15H22ClFN2. The van der Waals surface area contributed by atoms with Crippen molar-refractivity contribution < 1.29 is 4.39 Å². The van der Waals surface area contributed by atoms with Gasteiger partial charge in [0.15, 0.2) is 0 Å². The molecule has 0 spiro atoms. The molecule has 1 heterocycles. The van der Waals surface area contributed by atoms with Gasteiger partial charge in [-0.1, -0.05) is 31.4 Å². The van der Waals surface area contributed by atoms with E-state index in [4.69, 9.17) is 11.6 Å². The van der Waals surface area contributed by atoms with Gasteiger partial charge in [0.2, 0.25) is 0 Å². The summed E-state index contributed by atoms with van der Waals surface area (Å²) in [6.07, 6.45) is 3.38. The summed E-state index contributed by atoms with van der Waals surface area (Å²) in [7, 11) is 0. The summed E-state index contributed by atoms with van der Waals surface area (Å²) in [5.74, 6) is -0.237. The fourth-order valence-corrected chi connectivity index (χ4v) is 2.95. The minimum Gasteiger partial charge on any atom is -0.314 e. The molecule has 2 nitrogen and oxygen atoms in total. The lowest BCUT2D eigenvalue weighted by molar-refractivity contribution is 0.163. The molecule has 1 fully saturated rings. The van der Waals surface area contributed by atoms with Gasteiger partial charge in [-0.05, 0) is 30.2 Å². The summed E-state index contributed by atoms with van der Waals surface area (Å²) < 4.78 is 13.6. The van der Waals surface area contributed by atoms with Crippen LogP contribution in [-0.2, 0) is 0 Å². The highest BCUT2D eigenvalue weighted by molar-refractivity contribution is 6.30. The Bertz CT molecular complexity index is 385. The average Bonchev–Trinajstić information content (AvgIpc) is 2.39. The lowest BCUT2D eigenvalue weighted by Gasteiger charge is -2.35. The molecule has 0 radical (unpaired) electrons. The number of halogens is 2. The van der Waals surface area contributed by atoms with Crippen molar-refractivity contribution in [2.24, 2.45) is 0 Å². The molecule has 4 heteroatoms. The van der Waals surface area contributed by atoms with E-state index in [-0.39, 0.29) is 11.9 Å². The van der Waals surface area contributed by atoms with E-state index in [0.29, 0.717) is 5.02 Å². The Labute approximate surface area is 119 Å². The molecule has 0 bridgehead atoms. The maximum absolute atomic E-state index is 13.6. The second-order valence-electron chi connectivity index (χ2n) is 5.15. The normalized spacial score (nSPS) is 18.5. The van der Waals surface area contributed by atoms with Crippen LogP contribution in [-0.4, -0.2) is 31.1 Å². The van der Waals surface area contributed by atoms with E-state index in [0.717, 1.165) is 51.0 Å². The lowest BCUT2D eigenvalue weighted by Crippen LogP contribution is -2.45. The van der Waals surface area contributed by atoms with Crippen molar-refractivity contribution >= 4 is 11.6 Å². The SMILES string of the molecule is CCCC[C@@H](c1cc(F)cc(Cl)c1)N1CCNCC1. The summed E-state index contributed by atoms with van der Waals surface area (Å²) in [4.78, 5) is 2.44. The number of hydrogen-bond donors (Lipinski definition) is 1. The maximum Gasteiger partial charge on any atom is 0.125 e. The van der Waals surface area contributed by atoms with Gasteiger partial charge in [-0.2, -0.15) is 0 Å². The minimum absolute atomic E-state index is 0.237. The van der Waals surface area contributed by atoms with Gasteiger partial charge in [0, 0.05) is 37.2 Å². The Kier molecular flexibility index (Phi) is 5.61. The highest BCUT2D eigenvalue weighted by Crippen LogP contribution is 2.29. The molecule has 1 aromatic carbocycles. The fraction of sp³-hybridized carbons (Fsp3) is 0.600. The van der Waals surface area contributed by atoms with Crippen molar-refractivity contribution in [2.75, 3.05) is 26.2 Å². The van der Waals surface area contributed by atoms with Gasteiger partial charge in [0.1, 0.15) is 5.82 Å². The molecule has 2 rings (SSSR count). The zero-order valence-corrected chi connectivity index (χ0v) is 12.2. The third-order valence-electron chi connectivity index (χ3n) is 3.69. The van der Waals surface area contributed by atoms with Crippen LogP contribution in [0.5, 0.6) is 0 Å². The Morgan fingerprint density at radius 3 is 2.68 bits per heavy atom. The highest BCUT2D eigenvalue weighted by atomic mass is 35.5. The molecule has 1 saturated heterocycles. The van der Waals surface area contributed by atoms with Crippen LogP contribution in [0.3, 0.4) is 0 Å². The first kappa shape index (κ1) is 14.8. The Morgan fingerprint density at radius 2 is 2.05 bits per heavy atom. The van der Waals surface area contributed by atoms with Crippen molar-refractivity contribution in [2.45, 2.75) is 32.2 Å². The zero-order chi connectivity index (χ0) is 13.7. The lowest BCUT2D eigenvalue weighted by atomic mass is 9.98. The number of piperazine rings is 1. The Morgan fingerprint density at radius 1 is 1.32 bits per heavy atom. The Balaban J connectivity index is 2.19. The van der Waals surface area contributed by atoms with Gasteiger partial charge in [0.25, 0.3) is 0 Å². The van der Waals surface area contributed by atoms with Crippen LogP contribution in [0.2, 0.25) is 5.02 Å². The molecule has 0 unspecified atom stereocenters. The Hall–Kier alpha value is -0.640. The third kappa shape index (κ3) is 4.16. The summed E-state index contributed by atoms with van der Waals surface area (Å²) >= 11 is 6.00. The van der Waals surface area contributed by atoms with Gasteiger partial charge in [-0.3, -0.25) is 4.90 Å². The number of nitrogens with one attached hydrogen (secondary N) is 1. The standard InChI is InChI=1S/C15H22ClFN2/c1-2-3-4-15(19-7-5-18-6-8-19)12-9-13(16)11-14(17)10-12/h9-11,15,18H,2-8H2,1H3/t15-/m0/s1. The minimum atomic E-state index is -0.237. The van der Waals surface area contributed by atoms with Crippen molar-refractivity contribution in [3.05, 3.63) is 34.6 Å². The summed E-state index contributed by atoms with van der Waals surface area (Å²) in [6.45, 7) is 6.23. The van der Waals surface area contributed by atoms with Crippen LogP contribution in [0.15, 0.2) is 18.2 Å². The molecule has 0 amide bonds. The van der Waals surface area contributed by atoms with E-state index in [9.17, 15) is 4.39 Å². The van der Waals surface area contributed by atoms with Crippen LogP contribution < -0.4 is 5.32 Å². The summed E-state index contributed by atoms with van der Waals surface area (Å²) in [6, 6.07) is 5.20. The number of benzene rings is 1. The number of nitrogens with zero attached hydrogens (tertiary/aromatic N) is 1. The molecule has 1 N–H and O–H groups in total. The van der Waals surface area contributed by atoms with E-state index in [1.165, 1.54) is 6.07 Å². The monoisotopic (exact) mass is 284 g/mol. The van der Waals surface area contributed by atoms with E-state index < -0.39 is 0 Å². The highest BCUT2D eigenvalue weighted by Gasteiger charge is 2.22. The van der Waals surface area contributed by atoms with Crippen LogP contribution in [0.1, 0.15) is 37.8 Å². The molecule has 1 aliphatic rings. The van der Waals surface area contributed by atoms with Crippen LogP contribution >= 0.6 is 11.6 Å². The smallest absolute Gasteiger partial charge is 0.125 e. The van der Waals surface area contributed by atoms with Gasteiger partial charge in [0.05, 0.1) is 0 Å². The second kappa shape index (κ2) is 7.22. The molecule has 106 valence electrons. The summed E-state index contributed by atoms with van der Waals surface area (Å²) in [5, 5.41) is 3.85. The zero-order valence-electron chi connectivity index (χ0n) is 11.5.